The minimum atomic E-state index is -0.717. The van der Waals surface area contributed by atoms with Crippen LogP contribution in [0, 0.1) is 0 Å². The Bertz CT molecular complexity index is 123. The van der Waals surface area contributed by atoms with Crippen molar-refractivity contribution in [3.63, 3.8) is 0 Å². The Morgan fingerprint density at radius 1 is 1.62 bits per heavy atom. The maximum atomic E-state index is 11.6. The molecule has 0 spiro atoms. The first-order valence-corrected chi connectivity index (χ1v) is 2.65. The zero-order chi connectivity index (χ0) is 6.57. The van der Waals surface area contributed by atoms with Crippen molar-refractivity contribution in [2.75, 3.05) is 0 Å². The van der Waals surface area contributed by atoms with Gasteiger partial charge in [0, 0.05) is 10.7 Å². The highest BCUT2D eigenvalue weighted by molar-refractivity contribution is 9.12. The maximum absolute atomic E-state index is 11.6. The molecule has 0 aliphatic heterocycles. The summed E-state index contributed by atoms with van der Waals surface area (Å²) in [5.74, 6) is -0.717. The normalized spacial score (nSPS) is 9.75. The van der Waals surface area contributed by atoms with Gasteiger partial charge in [0.1, 0.15) is 0 Å². The molecule has 3 heteroatoms. The van der Waals surface area contributed by atoms with Crippen LogP contribution in [0.4, 0.5) is 4.39 Å². The van der Waals surface area contributed by atoms with E-state index in [0.29, 0.717) is 4.48 Å². The Balaban J connectivity index is 3.67. The van der Waals surface area contributed by atoms with Crippen molar-refractivity contribution >= 4 is 22.1 Å². The van der Waals surface area contributed by atoms with E-state index in [-0.39, 0.29) is 0 Å². The van der Waals surface area contributed by atoms with Crippen molar-refractivity contribution in [2.45, 2.75) is 0 Å². The fourth-order valence-corrected chi connectivity index (χ4v) is 0.242. The summed E-state index contributed by atoms with van der Waals surface area (Å²) < 4.78 is 12.1. The van der Waals surface area contributed by atoms with Crippen LogP contribution in [-0.4, -0.2) is 6.21 Å². The van der Waals surface area contributed by atoms with Crippen LogP contribution in [0.5, 0.6) is 0 Å². The van der Waals surface area contributed by atoms with Gasteiger partial charge in [-0.2, -0.15) is 4.39 Å². The lowest BCUT2D eigenvalue weighted by Crippen LogP contribution is -1.67. The standard InChI is InChI=1S/C5H5BrFN/c1-4(6)3-8-5(2)7/h3H,1-2H2/b8-3-. The van der Waals surface area contributed by atoms with Crippen LogP contribution in [0.15, 0.2) is 28.6 Å². The van der Waals surface area contributed by atoms with Crippen LogP contribution in [0.2, 0.25) is 0 Å². The van der Waals surface area contributed by atoms with Gasteiger partial charge < -0.3 is 0 Å². The van der Waals surface area contributed by atoms with E-state index < -0.39 is 5.95 Å². The van der Waals surface area contributed by atoms with Crippen molar-refractivity contribution in [1.29, 1.82) is 0 Å². The Kier molecular flexibility index (Phi) is 3.35. The summed E-state index contributed by atoms with van der Waals surface area (Å²) in [5.41, 5.74) is 0. The molecule has 0 aromatic carbocycles. The second kappa shape index (κ2) is 3.55. The monoisotopic (exact) mass is 177 g/mol. The molecule has 0 unspecified atom stereocenters. The maximum Gasteiger partial charge on any atom is 0.205 e. The Hall–Kier alpha value is -0.440. The third-order valence-electron chi connectivity index (χ3n) is 0.345. The first kappa shape index (κ1) is 7.56. The van der Waals surface area contributed by atoms with Gasteiger partial charge in [-0.1, -0.05) is 6.58 Å². The lowest BCUT2D eigenvalue weighted by Gasteiger charge is -1.79. The second-order valence-electron chi connectivity index (χ2n) is 1.08. The number of aliphatic imine (C=N–C) groups is 1. The quantitative estimate of drug-likeness (QED) is 0.454. The van der Waals surface area contributed by atoms with Crippen LogP contribution in [0.3, 0.4) is 0 Å². The molecule has 0 aromatic heterocycles. The topological polar surface area (TPSA) is 12.4 Å². The van der Waals surface area contributed by atoms with Gasteiger partial charge in [0.25, 0.3) is 0 Å². The third kappa shape index (κ3) is 5.56. The first-order valence-electron chi connectivity index (χ1n) is 1.86. The molecule has 0 heterocycles. The van der Waals surface area contributed by atoms with Crippen molar-refractivity contribution in [3.8, 4) is 0 Å². The molecule has 0 fully saturated rings. The van der Waals surface area contributed by atoms with Gasteiger partial charge in [0.15, 0.2) is 0 Å². The highest BCUT2D eigenvalue weighted by atomic mass is 79.9. The summed E-state index contributed by atoms with van der Waals surface area (Å²) in [4.78, 5) is 3.19. The van der Waals surface area contributed by atoms with Gasteiger partial charge in [-0.05, 0) is 22.5 Å². The fourth-order valence-electron chi connectivity index (χ4n) is 0.140. The number of hydrogen-bond acceptors (Lipinski definition) is 1. The van der Waals surface area contributed by atoms with E-state index in [0.717, 1.165) is 0 Å². The van der Waals surface area contributed by atoms with Gasteiger partial charge in [-0.25, -0.2) is 4.99 Å². The van der Waals surface area contributed by atoms with E-state index in [9.17, 15) is 4.39 Å². The van der Waals surface area contributed by atoms with E-state index in [2.05, 4.69) is 34.1 Å². The average Bonchev–Trinajstić information content (AvgIpc) is 1.61. The predicted molar refractivity (Wildman–Crippen MR) is 36.8 cm³/mol. The molecule has 1 nitrogen and oxygen atoms in total. The molecule has 0 bridgehead atoms. The molecule has 0 rings (SSSR count). The Labute approximate surface area is 55.7 Å². The first-order chi connectivity index (χ1) is 3.63. The predicted octanol–water partition coefficient (Wildman–Crippen LogP) is 2.41. The number of allylic oxidation sites excluding steroid dienone is 1. The number of hydrogen-bond donors (Lipinski definition) is 0. The minimum absolute atomic E-state index is 0.524. The smallest absolute Gasteiger partial charge is 0.205 e. The zero-order valence-corrected chi connectivity index (χ0v) is 5.78. The molecule has 0 radical (unpaired) electrons. The lowest BCUT2D eigenvalue weighted by molar-refractivity contribution is 0.634. The van der Waals surface area contributed by atoms with Crippen molar-refractivity contribution in [1.82, 2.24) is 0 Å². The van der Waals surface area contributed by atoms with Crippen LogP contribution in [0.1, 0.15) is 0 Å². The number of nitrogens with zero attached hydrogens (tertiary/aromatic N) is 1. The number of halogens is 2. The van der Waals surface area contributed by atoms with Crippen LogP contribution in [0.25, 0.3) is 0 Å². The third-order valence-corrected chi connectivity index (χ3v) is 0.549. The molecule has 0 amide bonds. The van der Waals surface area contributed by atoms with E-state index in [1.807, 2.05) is 0 Å². The van der Waals surface area contributed by atoms with Gasteiger partial charge in [-0.15, -0.1) is 0 Å². The van der Waals surface area contributed by atoms with Crippen LogP contribution in [-0.2, 0) is 0 Å². The zero-order valence-electron chi connectivity index (χ0n) is 4.19. The summed E-state index contributed by atoms with van der Waals surface area (Å²) in [6.45, 7) is 6.29. The van der Waals surface area contributed by atoms with Gasteiger partial charge >= 0.3 is 0 Å². The summed E-state index contributed by atoms with van der Waals surface area (Å²) in [6, 6.07) is 0. The molecule has 0 aliphatic carbocycles. The molecular formula is C5H5BrFN. The summed E-state index contributed by atoms with van der Waals surface area (Å²) in [5, 5.41) is 0. The Morgan fingerprint density at radius 2 is 2.12 bits per heavy atom. The molecular weight excluding hydrogens is 173 g/mol. The summed E-state index contributed by atoms with van der Waals surface area (Å²) in [6.07, 6.45) is 1.24. The summed E-state index contributed by atoms with van der Waals surface area (Å²) >= 11 is 2.95. The highest BCUT2D eigenvalue weighted by Gasteiger charge is 1.78. The molecule has 0 aromatic rings. The summed E-state index contributed by atoms with van der Waals surface area (Å²) in [7, 11) is 0. The lowest BCUT2D eigenvalue weighted by atomic mass is 10.7. The Morgan fingerprint density at radius 3 is 2.25 bits per heavy atom. The minimum Gasteiger partial charge on any atom is -0.228 e. The SMILES string of the molecule is C=C(Br)/C=N\C(=C)F. The molecule has 0 saturated carbocycles. The number of rotatable bonds is 2. The average molecular weight is 178 g/mol. The van der Waals surface area contributed by atoms with Gasteiger partial charge in [0.2, 0.25) is 5.95 Å². The van der Waals surface area contributed by atoms with Crippen molar-refractivity contribution < 1.29 is 4.39 Å². The second-order valence-corrected chi connectivity index (χ2v) is 2.10. The van der Waals surface area contributed by atoms with E-state index in [1.165, 1.54) is 6.21 Å². The van der Waals surface area contributed by atoms with Gasteiger partial charge in [-0.3, -0.25) is 0 Å². The van der Waals surface area contributed by atoms with Crippen molar-refractivity contribution in [3.05, 3.63) is 23.6 Å². The van der Waals surface area contributed by atoms with E-state index >= 15 is 0 Å². The van der Waals surface area contributed by atoms with Gasteiger partial charge in [0.05, 0.1) is 0 Å². The van der Waals surface area contributed by atoms with E-state index in [1.54, 1.807) is 0 Å². The molecule has 0 aliphatic rings. The fraction of sp³-hybridized carbons (Fsp3) is 0. The molecule has 0 atom stereocenters. The van der Waals surface area contributed by atoms with Crippen LogP contribution >= 0.6 is 15.9 Å². The largest absolute Gasteiger partial charge is 0.228 e. The van der Waals surface area contributed by atoms with E-state index in [4.69, 9.17) is 0 Å². The molecule has 0 N–H and O–H groups in total. The molecule has 8 heavy (non-hydrogen) atoms. The highest BCUT2D eigenvalue weighted by Crippen LogP contribution is 1.98. The molecule has 44 valence electrons. The molecule has 0 saturated heterocycles. The van der Waals surface area contributed by atoms with Crippen LogP contribution < -0.4 is 0 Å². The van der Waals surface area contributed by atoms with Crippen molar-refractivity contribution in [2.24, 2.45) is 4.99 Å².